The predicted molar refractivity (Wildman–Crippen MR) is 84.2 cm³/mol. The molecule has 0 unspecified atom stereocenters. The molecule has 0 aliphatic carbocycles. The summed E-state index contributed by atoms with van der Waals surface area (Å²) in [7, 11) is 0. The number of amides is 1. The molecule has 2 N–H and O–H groups in total. The summed E-state index contributed by atoms with van der Waals surface area (Å²) in [5.74, 6) is -0.988. The Bertz CT molecular complexity index is 658. The van der Waals surface area contributed by atoms with Crippen molar-refractivity contribution in [2.24, 2.45) is 0 Å². The Balaban J connectivity index is 1.91. The summed E-state index contributed by atoms with van der Waals surface area (Å²) in [6.45, 7) is 0. The highest BCUT2D eigenvalue weighted by Gasteiger charge is 2.07. The van der Waals surface area contributed by atoms with Gasteiger partial charge in [0.25, 0.3) is 0 Å². The van der Waals surface area contributed by atoms with Crippen molar-refractivity contribution < 1.29 is 14.7 Å². The number of halogens is 1. The first-order valence-electron chi connectivity index (χ1n) is 6.06. The zero-order valence-electron chi connectivity index (χ0n) is 10.9. The molecule has 0 bridgehead atoms. The zero-order valence-corrected chi connectivity index (χ0v) is 12.4. The van der Waals surface area contributed by atoms with Gasteiger partial charge in [-0.05, 0) is 42.5 Å². The molecular weight excluding hydrogens is 310 g/mol. The largest absolute Gasteiger partial charge is 0.478 e. The van der Waals surface area contributed by atoms with Gasteiger partial charge in [0.15, 0.2) is 0 Å². The van der Waals surface area contributed by atoms with Gasteiger partial charge in [-0.3, -0.25) is 4.79 Å². The first kappa shape index (κ1) is 15.4. The van der Waals surface area contributed by atoms with Crippen LogP contribution >= 0.6 is 23.4 Å². The van der Waals surface area contributed by atoms with Crippen molar-refractivity contribution in [3.8, 4) is 0 Å². The number of carboxylic acid groups (broad SMARTS) is 1. The van der Waals surface area contributed by atoms with Crippen LogP contribution in [0.5, 0.6) is 0 Å². The van der Waals surface area contributed by atoms with Crippen molar-refractivity contribution in [3.63, 3.8) is 0 Å². The number of anilines is 1. The number of rotatable bonds is 5. The summed E-state index contributed by atoms with van der Waals surface area (Å²) in [5.41, 5.74) is 0.606. The molecule has 4 nitrogen and oxygen atoms in total. The van der Waals surface area contributed by atoms with Gasteiger partial charge in [-0.2, -0.15) is 0 Å². The number of carboxylic acids is 1. The Morgan fingerprint density at radius 1 is 1.14 bits per heavy atom. The first-order valence-corrected chi connectivity index (χ1v) is 7.42. The lowest BCUT2D eigenvalue weighted by Crippen LogP contribution is -2.14. The molecule has 21 heavy (non-hydrogen) atoms. The average Bonchev–Trinajstić information content (AvgIpc) is 2.47. The fourth-order valence-corrected chi connectivity index (χ4v) is 2.43. The second kappa shape index (κ2) is 7.15. The standard InChI is InChI=1S/C15H12ClNO3S/c16-11-4-6-13(7-5-11)21-9-14(18)17-12-3-1-2-10(8-12)15(19)20/h1-8H,9H2,(H,17,18)(H,19,20). The first-order chi connectivity index (χ1) is 10.0. The van der Waals surface area contributed by atoms with Gasteiger partial charge < -0.3 is 10.4 Å². The van der Waals surface area contributed by atoms with E-state index >= 15 is 0 Å². The third-order valence-electron chi connectivity index (χ3n) is 2.58. The van der Waals surface area contributed by atoms with E-state index in [1.807, 2.05) is 12.1 Å². The summed E-state index contributed by atoms with van der Waals surface area (Å²) >= 11 is 7.17. The van der Waals surface area contributed by atoms with Gasteiger partial charge in [-0.25, -0.2) is 4.79 Å². The SMILES string of the molecule is O=C(CSc1ccc(Cl)cc1)Nc1cccc(C(=O)O)c1. The van der Waals surface area contributed by atoms with E-state index in [-0.39, 0.29) is 17.2 Å². The lowest BCUT2D eigenvalue weighted by Gasteiger charge is -2.06. The van der Waals surface area contributed by atoms with Crippen molar-refractivity contribution in [1.29, 1.82) is 0 Å². The Kier molecular flexibility index (Phi) is 5.25. The molecular formula is C15H12ClNO3S. The molecule has 2 aromatic rings. The Labute approximate surface area is 131 Å². The van der Waals surface area contributed by atoms with Crippen molar-refractivity contribution in [2.45, 2.75) is 4.90 Å². The minimum atomic E-state index is -1.03. The highest BCUT2D eigenvalue weighted by atomic mass is 35.5. The molecule has 0 radical (unpaired) electrons. The molecule has 0 aliphatic heterocycles. The molecule has 0 atom stereocenters. The molecule has 0 heterocycles. The fraction of sp³-hybridized carbons (Fsp3) is 0.0667. The third kappa shape index (κ3) is 4.81. The van der Waals surface area contributed by atoms with Crippen LogP contribution in [0, 0.1) is 0 Å². The maximum atomic E-state index is 11.8. The number of hydrogen-bond acceptors (Lipinski definition) is 3. The van der Waals surface area contributed by atoms with Gasteiger partial charge in [-0.1, -0.05) is 17.7 Å². The molecule has 0 spiro atoms. The van der Waals surface area contributed by atoms with E-state index in [0.717, 1.165) is 4.90 Å². The van der Waals surface area contributed by atoms with E-state index in [1.54, 1.807) is 24.3 Å². The predicted octanol–water partition coefficient (Wildman–Crippen LogP) is 3.77. The Morgan fingerprint density at radius 2 is 1.86 bits per heavy atom. The maximum absolute atomic E-state index is 11.8. The normalized spacial score (nSPS) is 10.1. The lowest BCUT2D eigenvalue weighted by atomic mass is 10.2. The van der Waals surface area contributed by atoms with Crippen LogP contribution in [-0.4, -0.2) is 22.7 Å². The molecule has 2 aromatic carbocycles. The van der Waals surface area contributed by atoms with Crippen LogP contribution in [-0.2, 0) is 4.79 Å². The molecule has 0 aromatic heterocycles. The molecule has 2 rings (SSSR count). The minimum absolute atomic E-state index is 0.137. The number of thioether (sulfide) groups is 1. The quantitative estimate of drug-likeness (QED) is 0.823. The Morgan fingerprint density at radius 3 is 2.52 bits per heavy atom. The molecule has 1 amide bonds. The summed E-state index contributed by atoms with van der Waals surface area (Å²) in [5, 5.41) is 12.2. The number of carbonyl (C=O) groups is 2. The smallest absolute Gasteiger partial charge is 0.335 e. The average molecular weight is 322 g/mol. The van der Waals surface area contributed by atoms with Crippen LogP contribution in [0.4, 0.5) is 5.69 Å². The van der Waals surface area contributed by atoms with Crippen molar-refractivity contribution in [1.82, 2.24) is 0 Å². The molecule has 6 heteroatoms. The maximum Gasteiger partial charge on any atom is 0.335 e. The second-order valence-electron chi connectivity index (χ2n) is 4.18. The van der Waals surface area contributed by atoms with E-state index in [2.05, 4.69) is 5.32 Å². The molecule has 0 fully saturated rings. The van der Waals surface area contributed by atoms with E-state index in [4.69, 9.17) is 16.7 Å². The number of nitrogens with one attached hydrogen (secondary N) is 1. The topological polar surface area (TPSA) is 66.4 Å². The number of aromatic carboxylic acids is 1. The molecule has 0 saturated heterocycles. The lowest BCUT2D eigenvalue weighted by molar-refractivity contribution is -0.113. The Hall–Kier alpha value is -1.98. The number of benzene rings is 2. The monoisotopic (exact) mass is 321 g/mol. The van der Waals surface area contributed by atoms with Gasteiger partial charge in [0.2, 0.25) is 5.91 Å². The van der Waals surface area contributed by atoms with E-state index in [0.29, 0.717) is 10.7 Å². The summed E-state index contributed by atoms with van der Waals surface area (Å²) in [6, 6.07) is 13.3. The van der Waals surface area contributed by atoms with Crippen LogP contribution in [0.25, 0.3) is 0 Å². The van der Waals surface area contributed by atoms with Crippen molar-refractivity contribution >= 4 is 40.9 Å². The second-order valence-corrected chi connectivity index (χ2v) is 5.66. The van der Waals surface area contributed by atoms with E-state index in [9.17, 15) is 9.59 Å². The minimum Gasteiger partial charge on any atom is -0.478 e. The van der Waals surface area contributed by atoms with E-state index in [1.165, 1.54) is 23.9 Å². The molecule has 0 saturated carbocycles. The highest BCUT2D eigenvalue weighted by Crippen LogP contribution is 2.20. The van der Waals surface area contributed by atoms with Gasteiger partial charge in [-0.15, -0.1) is 11.8 Å². The van der Waals surface area contributed by atoms with Gasteiger partial charge in [0, 0.05) is 15.6 Å². The molecule has 108 valence electrons. The van der Waals surface area contributed by atoms with Crippen LogP contribution in [0.2, 0.25) is 5.02 Å². The zero-order chi connectivity index (χ0) is 15.2. The van der Waals surface area contributed by atoms with Gasteiger partial charge in [0.05, 0.1) is 11.3 Å². The van der Waals surface area contributed by atoms with Crippen LogP contribution in [0.3, 0.4) is 0 Å². The third-order valence-corrected chi connectivity index (χ3v) is 3.84. The highest BCUT2D eigenvalue weighted by molar-refractivity contribution is 8.00. The van der Waals surface area contributed by atoms with Crippen LogP contribution in [0.1, 0.15) is 10.4 Å². The summed E-state index contributed by atoms with van der Waals surface area (Å²) in [4.78, 5) is 23.6. The fourth-order valence-electron chi connectivity index (χ4n) is 1.61. The van der Waals surface area contributed by atoms with Gasteiger partial charge in [0.1, 0.15) is 0 Å². The van der Waals surface area contributed by atoms with Gasteiger partial charge >= 0.3 is 5.97 Å². The van der Waals surface area contributed by atoms with Crippen molar-refractivity contribution in [2.75, 3.05) is 11.1 Å². The van der Waals surface area contributed by atoms with E-state index < -0.39 is 5.97 Å². The van der Waals surface area contributed by atoms with Crippen LogP contribution < -0.4 is 5.32 Å². The summed E-state index contributed by atoms with van der Waals surface area (Å²) in [6.07, 6.45) is 0. The summed E-state index contributed by atoms with van der Waals surface area (Å²) < 4.78 is 0. The number of carbonyl (C=O) groups excluding carboxylic acids is 1. The van der Waals surface area contributed by atoms with Crippen molar-refractivity contribution in [3.05, 3.63) is 59.1 Å². The molecule has 0 aliphatic rings. The van der Waals surface area contributed by atoms with Crippen LogP contribution in [0.15, 0.2) is 53.4 Å². The number of hydrogen-bond donors (Lipinski definition) is 2.